The van der Waals surface area contributed by atoms with Crippen molar-refractivity contribution < 1.29 is 10.2 Å². The van der Waals surface area contributed by atoms with Gasteiger partial charge in [-0.15, -0.1) is 0 Å². The summed E-state index contributed by atoms with van der Waals surface area (Å²) < 4.78 is 2.06. The number of aromatic nitrogens is 1. The molecule has 0 saturated heterocycles. The lowest BCUT2D eigenvalue weighted by Crippen LogP contribution is -1.97. The number of phenolic OH excluding ortho intramolecular Hbond substituents is 1. The van der Waals surface area contributed by atoms with Crippen molar-refractivity contribution in [2.75, 3.05) is 0 Å². The zero-order valence-electron chi connectivity index (χ0n) is 8.94. The SMILES string of the molecule is CC(C)n1cc(CO)c2ccc(O)cc21. The first-order chi connectivity index (χ1) is 7.13. The Morgan fingerprint density at radius 1 is 1.33 bits per heavy atom. The average molecular weight is 205 g/mol. The van der Waals surface area contributed by atoms with Crippen molar-refractivity contribution >= 4 is 10.9 Å². The van der Waals surface area contributed by atoms with E-state index >= 15 is 0 Å². The summed E-state index contributed by atoms with van der Waals surface area (Å²) in [6, 6.07) is 5.53. The van der Waals surface area contributed by atoms with Crippen molar-refractivity contribution in [1.29, 1.82) is 0 Å². The second-order valence-electron chi connectivity index (χ2n) is 4.01. The molecule has 1 aromatic carbocycles. The van der Waals surface area contributed by atoms with E-state index in [0.29, 0.717) is 6.04 Å². The van der Waals surface area contributed by atoms with Crippen molar-refractivity contribution in [1.82, 2.24) is 4.57 Å². The van der Waals surface area contributed by atoms with E-state index < -0.39 is 0 Å². The first-order valence-electron chi connectivity index (χ1n) is 5.06. The molecule has 1 heterocycles. The highest BCUT2D eigenvalue weighted by atomic mass is 16.3. The average Bonchev–Trinajstić information content (AvgIpc) is 2.55. The molecule has 2 N–H and O–H groups in total. The van der Waals surface area contributed by atoms with Gasteiger partial charge in [-0.05, 0) is 26.0 Å². The molecule has 0 unspecified atom stereocenters. The Bertz CT molecular complexity index is 486. The number of benzene rings is 1. The largest absolute Gasteiger partial charge is 0.508 e. The van der Waals surface area contributed by atoms with Gasteiger partial charge in [0.05, 0.1) is 12.1 Å². The monoisotopic (exact) mass is 205 g/mol. The van der Waals surface area contributed by atoms with Gasteiger partial charge in [0.25, 0.3) is 0 Å². The van der Waals surface area contributed by atoms with Crippen LogP contribution in [0.1, 0.15) is 25.5 Å². The second kappa shape index (κ2) is 3.59. The highest BCUT2D eigenvalue weighted by Gasteiger charge is 2.10. The molecule has 0 bridgehead atoms. The van der Waals surface area contributed by atoms with Crippen LogP contribution in [-0.2, 0) is 6.61 Å². The van der Waals surface area contributed by atoms with Crippen LogP contribution in [0.15, 0.2) is 24.4 Å². The molecule has 15 heavy (non-hydrogen) atoms. The zero-order valence-corrected chi connectivity index (χ0v) is 8.94. The Balaban J connectivity index is 2.76. The van der Waals surface area contributed by atoms with E-state index in [9.17, 15) is 10.2 Å². The van der Waals surface area contributed by atoms with Crippen LogP contribution in [0.25, 0.3) is 10.9 Å². The van der Waals surface area contributed by atoms with Crippen LogP contribution in [0.2, 0.25) is 0 Å². The van der Waals surface area contributed by atoms with Crippen molar-refractivity contribution in [3.05, 3.63) is 30.0 Å². The molecule has 1 aromatic heterocycles. The van der Waals surface area contributed by atoms with Gasteiger partial charge in [0.2, 0.25) is 0 Å². The lowest BCUT2D eigenvalue weighted by Gasteiger charge is -2.08. The number of nitrogens with zero attached hydrogens (tertiary/aromatic N) is 1. The third kappa shape index (κ3) is 1.59. The number of hydrogen-bond donors (Lipinski definition) is 2. The Hall–Kier alpha value is -1.48. The molecular weight excluding hydrogens is 190 g/mol. The Labute approximate surface area is 88.6 Å². The van der Waals surface area contributed by atoms with Gasteiger partial charge >= 0.3 is 0 Å². The number of phenols is 1. The predicted molar refractivity (Wildman–Crippen MR) is 59.9 cm³/mol. The first-order valence-corrected chi connectivity index (χ1v) is 5.06. The maximum Gasteiger partial charge on any atom is 0.117 e. The third-order valence-electron chi connectivity index (χ3n) is 2.63. The molecule has 2 aromatic rings. The number of hydrogen-bond acceptors (Lipinski definition) is 2. The molecule has 0 aliphatic carbocycles. The molecule has 0 atom stereocenters. The van der Waals surface area contributed by atoms with Crippen LogP contribution >= 0.6 is 0 Å². The van der Waals surface area contributed by atoms with Crippen LogP contribution in [0, 0.1) is 0 Å². The zero-order chi connectivity index (χ0) is 11.0. The normalized spacial score (nSPS) is 11.5. The molecule has 0 aliphatic heterocycles. The summed E-state index contributed by atoms with van der Waals surface area (Å²) in [5.74, 6) is 0.256. The highest BCUT2D eigenvalue weighted by molar-refractivity contribution is 5.85. The van der Waals surface area contributed by atoms with Gasteiger partial charge in [0, 0.05) is 29.3 Å². The number of aliphatic hydroxyl groups excluding tert-OH is 1. The summed E-state index contributed by atoms with van der Waals surface area (Å²) in [5, 5.41) is 19.7. The highest BCUT2D eigenvalue weighted by Crippen LogP contribution is 2.27. The molecule has 0 amide bonds. The van der Waals surface area contributed by atoms with E-state index in [4.69, 9.17) is 0 Å². The lowest BCUT2D eigenvalue weighted by molar-refractivity contribution is 0.283. The number of aromatic hydroxyl groups is 1. The molecular formula is C12H15NO2. The molecule has 0 fully saturated rings. The smallest absolute Gasteiger partial charge is 0.117 e. The lowest BCUT2D eigenvalue weighted by atomic mass is 10.2. The fourth-order valence-corrected chi connectivity index (χ4v) is 1.87. The molecule has 0 saturated carbocycles. The summed E-state index contributed by atoms with van der Waals surface area (Å²) in [6.45, 7) is 4.18. The topological polar surface area (TPSA) is 45.4 Å². The van der Waals surface area contributed by atoms with Gasteiger partial charge in [-0.25, -0.2) is 0 Å². The van der Waals surface area contributed by atoms with Crippen molar-refractivity contribution in [2.24, 2.45) is 0 Å². The quantitative estimate of drug-likeness (QED) is 0.790. The molecule has 0 radical (unpaired) electrons. The summed E-state index contributed by atoms with van der Waals surface area (Å²) in [4.78, 5) is 0. The van der Waals surface area contributed by atoms with Gasteiger partial charge in [-0.2, -0.15) is 0 Å². The predicted octanol–water partition coefficient (Wildman–Crippen LogP) is 2.42. The molecule has 0 spiro atoms. The summed E-state index contributed by atoms with van der Waals surface area (Å²) in [5.41, 5.74) is 1.87. The van der Waals surface area contributed by atoms with Gasteiger partial charge in [0.1, 0.15) is 5.75 Å². The number of aliphatic hydroxyl groups is 1. The number of rotatable bonds is 2. The first kappa shape index (κ1) is 10.1. The maximum absolute atomic E-state index is 9.44. The summed E-state index contributed by atoms with van der Waals surface area (Å²) >= 11 is 0. The Morgan fingerprint density at radius 3 is 2.67 bits per heavy atom. The van der Waals surface area contributed by atoms with Crippen molar-refractivity contribution in [3.8, 4) is 5.75 Å². The standard InChI is InChI=1S/C12H15NO2/c1-8(2)13-6-9(7-14)11-4-3-10(15)5-12(11)13/h3-6,8,14-15H,7H2,1-2H3. The van der Waals surface area contributed by atoms with Crippen molar-refractivity contribution in [3.63, 3.8) is 0 Å². The van der Waals surface area contributed by atoms with Crippen LogP contribution in [0.5, 0.6) is 5.75 Å². The van der Waals surface area contributed by atoms with E-state index in [-0.39, 0.29) is 12.4 Å². The maximum atomic E-state index is 9.44. The van der Waals surface area contributed by atoms with Gasteiger partial charge < -0.3 is 14.8 Å². The van der Waals surface area contributed by atoms with E-state index in [2.05, 4.69) is 18.4 Å². The van der Waals surface area contributed by atoms with Crippen LogP contribution < -0.4 is 0 Å². The summed E-state index contributed by atoms with van der Waals surface area (Å²) in [7, 11) is 0. The van der Waals surface area contributed by atoms with E-state index in [1.165, 1.54) is 0 Å². The van der Waals surface area contributed by atoms with Gasteiger partial charge in [-0.3, -0.25) is 0 Å². The van der Waals surface area contributed by atoms with Crippen LogP contribution in [-0.4, -0.2) is 14.8 Å². The molecule has 0 aliphatic rings. The minimum Gasteiger partial charge on any atom is -0.508 e. The molecule has 2 rings (SSSR count). The molecule has 3 nitrogen and oxygen atoms in total. The van der Waals surface area contributed by atoms with Crippen molar-refractivity contribution in [2.45, 2.75) is 26.5 Å². The van der Waals surface area contributed by atoms with E-state index in [0.717, 1.165) is 16.5 Å². The fourth-order valence-electron chi connectivity index (χ4n) is 1.87. The van der Waals surface area contributed by atoms with E-state index in [1.807, 2.05) is 12.3 Å². The van der Waals surface area contributed by atoms with E-state index in [1.54, 1.807) is 12.1 Å². The van der Waals surface area contributed by atoms with Crippen LogP contribution in [0.3, 0.4) is 0 Å². The van der Waals surface area contributed by atoms with Crippen LogP contribution in [0.4, 0.5) is 0 Å². The van der Waals surface area contributed by atoms with Gasteiger partial charge in [-0.1, -0.05) is 0 Å². The molecule has 80 valence electrons. The van der Waals surface area contributed by atoms with Gasteiger partial charge in [0.15, 0.2) is 0 Å². The fraction of sp³-hybridized carbons (Fsp3) is 0.333. The third-order valence-corrected chi connectivity index (χ3v) is 2.63. The summed E-state index contributed by atoms with van der Waals surface area (Å²) in [6.07, 6.45) is 1.94. The number of fused-ring (bicyclic) bond motifs is 1. The Morgan fingerprint density at radius 2 is 2.07 bits per heavy atom. The second-order valence-corrected chi connectivity index (χ2v) is 4.01. The minimum atomic E-state index is 0.0288. The minimum absolute atomic E-state index is 0.0288. The molecule has 3 heteroatoms. The Kier molecular flexibility index (Phi) is 2.40.